The van der Waals surface area contributed by atoms with Crippen molar-refractivity contribution in [3.63, 3.8) is 0 Å². The maximum Gasteiger partial charge on any atom is 0.408 e. The number of carboxylic acid groups (broad SMARTS) is 1. The van der Waals surface area contributed by atoms with E-state index < -0.39 is 35.7 Å². The average Bonchev–Trinajstić information content (AvgIpc) is 3.20. The molecule has 3 aromatic heterocycles. The zero-order valence-electron chi connectivity index (χ0n) is 20.5. The molecule has 0 spiro atoms. The minimum Gasteiger partial charge on any atom is -0.471 e. The number of aromatic nitrogens is 4. The molecule has 1 aliphatic carbocycles. The molecule has 2 fully saturated rings. The highest BCUT2D eigenvalue weighted by Gasteiger charge is 2.61. The van der Waals surface area contributed by atoms with Crippen LogP contribution in [0.5, 0.6) is 5.88 Å². The summed E-state index contributed by atoms with van der Waals surface area (Å²) in [6.45, 7) is 5.53. The first kappa shape index (κ1) is 24.7. The smallest absolute Gasteiger partial charge is 0.408 e. The highest BCUT2D eigenvalue weighted by atomic mass is 32.1. The van der Waals surface area contributed by atoms with Gasteiger partial charge >= 0.3 is 12.1 Å². The molecule has 2 N–H and O–H groups in total. The molecular weight excluding hydrogens is 500 g/mol. The summed E-state index contributed by atoms with van der Waals surface area (Å²) in [5.41, 5.74) is 0.994. The molecule has 3 aromatic rings. The highest BCUT2D eigenvalue weighted by Crippen LogP contribution is 2.45. The van der Waals surface area contributed by atoms with Crippen LogP contribution in [0, 0.1) is 12.8 Å². The van der Waals surface area contributed by atoms with Gasteiger partial charge in [-0.3, -0.25) is 14.4 Å². The van der Waals surface area contributed by atoms with E-state index in [1.54, 1.807) is 17.8 Å². The van der Waals surface area contributed by atoms with E-state index in [-0.39, 0.29) is 18.9 Å². The Morgan fingerprint density at radius 1 is 1.35 bits per heavy atom. The third-order valence-corrected chi connectivity index (χ3v) is 7.68. The molecule has 1 saturated heterocycles. The number of amides is 2. The number of hydrogen-bond donors (Lipinski definition) is 2. The number of thiophene rings is 1. The second kappa shape index (κ2) is 9.14. The third kappa shape index (κ3) is 4.28. The summed E-state index contributed by atoms with van der Waals surface area (Å²) in [7, 11) is 3.04. The van der Waals surface area contributed by atoms with Crippen molar-refractivity contribution in [2.75, 3.05) is 13.7 Å². The summed E-state index contributed by atoms with van der Waals surface area (Å²) in [6.07, 6.45) is 0.115. The van der Waals surface area contributed by atoms with Gasteiger partial charge in [0.15, 0.2) is 5.82 Å². The van der Waals surface area contributed by atoms with Gasteiger partial charge in [-0.2, -0.15) is 10.1 Å². The van der Waals surface area contributed by atoms with Gasteiger partial charge in [0.1, 0.15) is 28.1 Å². The lowest BCUT2D eigenvalue weighted by atomic mass is 10.1. The minimum absolute atomic E-state index is 0.0411. The lowest BCUT2D eigenvalue weighted by Gasteiger charge is -2.23. The molecule has 5 rings (SSSR count). The van der Waals surface area contributed by atoms with E-state index in [4.69, 9.17) is 9.47 Å². The van der Waals surface area contributed by atoms with E-state index >= 15 is 0 Å². The Bertz CT molecular complexity index is 1420. The molecule has 0 aromatic carbocycles. The molecule has 0 unspecified atom stereocenters. The molecule has 12 nitrogen and oxygen atoms in total. The fraction of sp³-hybridized carbons (Fsp3) is 0.417. The van der Waals surface area contributed by atoms with Crippen molar-refractivity contribution in [1.29, 1.82) is 0 Å². The Labute approximate surface area is 215 Å². The predicted octanol–water partition coefficient (Wildman–Crippen LogP) is 2.13. The quantitative estimate of drug-likeness (QED) is 0.349. The van der Waals surface area contributed by atoms with E-state index in [9.17, 15) is 19.5 Å². The van der Waals surface area contributed by atoms with Gasteiger partial charge in [0.25, 0.3) is 0 Å². The Morgan fingerprint density at radius 3 is 2.76 bits per heavy atom. The van der Waals surface area contributed by atoms with Crippen molar-refractivity contribution >= 4 is 39.5 Å². The zero-order valence-corrected chi connectivity index (χ0v) is 21.3. The van der Waals surface area contributed by atoms with Crippen LogP contribution in [0.4, 0.5) is 4.79 Å². The Kier molecular flexibility index (Phi) is 6.10. The predicted molar refractivity (Wildman–Crippen MR) is 133 cm³/mol. The Balaban J connectivity index is 1.39. The van der Waals surface area contributed by atoms with E-state index in [1.165, 1.54) is 18.4 Å². The zero-order chi connectivity index (χ0) is 26.5. The minimum atomic E-state index is -1.26. The molecule has 1 aliphatic heterocycles. The van der Waals surface area contributed by atoms with Crippen LogP contribution in [0.25, 0.3) is 21.7 Å². The second-order valence-corrected chi connectivity index (χ2v) is 10.1. The number of nitrogens with one attached hydrogen (secondary N) is 1. The fourth-order valence-electron chi connectivity index (χ4n) is 4.84. The second-order valence-electron chi connectivity index (χ2n) is 9.21. The van der Waals surface area contributed by atoms with Crippen molar-refractivity contribution < 1.29 is 29.0 Å². The number of likely N-dealkylation sites (tertiary alicyclic amines) is 1. The lowest BCUT2D eigenvalue weighted by Crippen LogP contribution is -2.53. The average molecular weight is 527 g/mol. The number of carbonyl (C=O) groups excluding carboxylic acids is 2. The van der Waals surface area contributed by atoms with E-state index in [2.05, 4.69) is 27.0 Å². The number of fused-ring (bicyclic) bond motifs is 1. The number of methoxy groups -OCH3 is 1. The van der Waals surface area contributed by atoms with Gasteiger partial charge in [-0.1, -0.05) is 6.08 Å². The summed E-state index contributed by atoms with van der Waals surface area (Å²) in [4.78, 5) is 47.8. The molecule has 37 heavy (non-hydrogen) atoms. The van der Waals surface area contributed by atoms with Gasteiger partial charge in [-0.15, -0.1) is 17.9 Å². The summed E-state index contributed by atoms with van der Waals surface area (Å²) in [5, 5.41) is 18.7. The lowest BCUT2D eigenvalue weighted by molar-refractivity contribution is -0.147. The molecule has 0 bridgehead atoms. The molecule has 1 saturated carbocycles. The van der Waals surface area contributed by atoms with Crippen molar-refractivity contribution in [2.45, 2.75) is 37.5 Å². The van der Waals surface area contributed by atoms with Crippen molar-refractivity contribution in [3.8, 4) is 17.4 Å². The normalized spacial score (nSPS) is 24.6. The van der Waals surface area contributed by atoms with Crippen molar-refractivity contribution in [2.24, 2.45) is 13.0 Å². The SMILES string of the molecule is C=C[C@@H]1C[C@]1(NC(=O)[C@@H]1C[C@@H](Oc2nc(-c3cc(C)nn3C)nc3ccsc23)CN1C(=O)O)C(=O)OC. The summed E-state index contributed by atoms with van der Waals surface area (Å²) in [5.74, 6) is -0.714. The first-order valence-electron chi connectivity index (χ1n) is 11.6. The Morgan fingerprint density at radius 2 is 2.14 bits per heavy atom. The van der Waals surface area contributed by atoms with Gasteiger partial charge in [0.2, 0.25) is 11.8 Å². The monoisotopic (exact) mass is 526 g/mol. The van der Waals surface area contributed by atoms with Crippen molar-refractivity contribution in [1.82, 2.24) is 30.0 Å². The van der Waals surface area contributed by atoms with Crippen LogP contribution in [0.3, 0.4) is 0 Å². The molecule has 2 aliphatic rings. The van der Waals surface area contributed by atoms with Gasteiger partial charge < -0.3 is 19.9 Å². The van der Waals surface area contributed by atoms with Gasteiger partial charge in [-0.25, -0.2) is 14.6 Å². The Hall–Kier alpha value is -4.00. The number of carbonyl (C=O) groups is 3. The van der Waals surface area contributed by atoms with Crippen LogP contribution >= 0.6 is 11.3 Å². The van der Waals surface area contributed by atoms with E-state index in [1.807, 2.05) is 24.4 Å². The van der Waals surface area contributed by atoms with E-state index in [0.29, 0.717) is 34.0 Å². The van der Waals surface area contributed by atoms with Crippen LogP contribution in [0.2, 0.25) is 0 Å². The van der Waals surface area contributed by atoms with Crippen LogP contribution in [0.15, 0.2) is 30.2 Å². The first-order valence-corrected chi connectivity index (χ1v) is 12.5. The largest absolute Gasteiger partial charge is 0.471 e. The summed E-state index contributed by atoms with van der Waals surface area (Å²) < 4.78 is 13.5. The number of esters is 1. The van der Waals surface area contributed by atoms with Gasteiger partial charge in [-0.05, 0) is 30.9 Å². The topological polar surface area (TPSA) is 149 Å². The maximum atomic E-state index is 13.2. The van der Waals surface area contributed by atoms with Crippen LogP contribution in [-0.4, -0.2) is 79.1 Å². The highest BCUT2D eigenvalue weighted by molar-refractivity contribution is 7.17. The summed E-state index contributed by atoms with van der Waals surface area (Å²) in [6, 6.07) is 2.67. The number of hydrogen-bond acceptors (Lipinski definition) is 9. The van der Waals surface area contributed by atoms with Gasteiger partial charge in [0.05, 0.1) is 24.9 Å². The third-order valence-electron chi connectivity index (χ3n) is 6.79. The molecule has 194 valence electrons. The number of nitrogens with zero attached hydrogens (tertiary/aromatic N) is 5. The fourth-order valence-corrected chi connectivity index (χ4v) is 5.60. The van der Waals surface area contributed by atoms with Crippen LogP contribution < -0.4 is 10.1 Å². The van der Waals surface area contributed by atoms with Crippen molar-refractivity contribution in [3.05, 3.63) is 35.9 Å². The molecule has 0 radical (unpaired) electrons. The van der Waals surface area contributed by atoms with Crippen LogP contribution in [-0.2, 0) is 21.4 Å². The number of aryl methyl sites for hydroxylation is 2. The number of ether oxygens (including phenoxy) is 2. The maximum absolute atomic E-state index is 13.2. The van der Waals surface area contributed by atoms with E-state index in [0.717, 1.165) is 10.6 Å². The van der Waals surface area contributed by atoms with Gasteiger partial charge in [0, 0.05) is 19.4 Å². The standard InChI is InChI=1S/C24H26N6O6S/c1-5-13-10-24(13,22(32)35-4)27-20(31)17-9-14(11-30(17)23(33)34)36-21-18-15(6-7-37-18)25-19(26-21)16-8-12(2)28-29(16)3/h5-8,13-14,17H,1,9-11H2,2-4H3,(H,27,31)(H,33,34)/t13-,14-,17+,24-/m1/s1. The van der Waals surface area contributed by atoms with Crippen LogP contribution in [0.1, 0.15) is 18.5 Å². The molecule has 4 heterocycles. The molecule has 4 atom stereocenters. The molecule has 2 amide bonds. The molecular formula is C24H26N6O6S. The number of rotatable bonds is 7. The summed E-state index contributed by atoms with van der Waals surface area (Å²) >= 11 is 1.41. The molecule has 13 heteroatoms. The first-order chi connectivity index (χ1) is 17.7.